The van der Waals surface area contributed by atoms with E-state index in [0.717, 1.165) is 6.61 Å². The summed E-state index contributed by atoms with van der Waals surface area (Å²) in [5.41, 5.74) is 2.09. The van der Waals surface area contributed by atoms with Gasteiger partial charge >= 0.3 is 0 Å². The number of hydrogen-bond donors (Lipinski definition) is 0. The Balaban J connectivity index is 2.03. The molecule has 1 saturated heterocycles. The van der Waals surface area contributed by atoms with E-state index >= 15 is 0 Å². The van der Waals surface area contributed by atoms with Crippen molar-refractivity contribution in [3.63, 3.8) is 0 Å². The second-order valence-corrected chi connectivity index (χ2v) is 6.49. The van der Waals surface area contributed by atoms with Crippen molar-refractivity contribution in [2.75, 3.05) is 6.61 Å². The average molecular weight is 205 g/mol. The van der Waals surface area contributed by atoms with E-state index in [1.54, 1.807) is 0 Å². The molecule has 0 bridgehead atoms. The minimum absolute atomic E-state index is 0.578. The molecular formula is C12H17OSi. The van der Waals surface area contributed by atoms with Gasteiger partial charge in [-0.05, 0) is 18.0 Å². The Kier molecular flexibility index (Phi) is 3.38. The summed E-state index contributed by atoms with van der Waals surface area (Å²) in [6.45, 7) is 3.31. The lowest BCUT2D eigenvalue weighted by Crippen LogP contribution is -2.29. The Morgan fingerprint density at radius 1 is 1.21 bits per heavy atom. The van der Waals surface area contributed by atoms with Crippen LogP contribution in [0.25, 0.3) is 0 Å². The first-order chi connectivity index (χ1) is 6.88. The zero-order valence-corrected chi connectivity index (χ0v) is 9.70. The van der Waals surface area contributed by atoms with Crippen molar-refractivity contribution in [2.24, 2.45) is 0 Å². The Hall–Kier alpha value is -0.603. The molecule has 1 nitrogen and oxygen atoms in total. The van der Waals surface area contributed by atoms with Crippen molar-refractivity contribution in [3.8, 4) is 0 Å². The maximum atomic E-state index is 5.90. The first kappa shape index (κ1) is 9.93. The van der Waals surface area contributed by atoms with Gasteiger partial charge in [0.15, 0.2) is 0 Å². The summed E-state index contributed by atoms with van der Waals surface area (Å²) in [5.74, 6) is 0. The van der Waals surface area contributed by atoms with Crippen LogP contribution >= 0.6 is 0 Å². The van der Waals surface area contributed by atoms with Crippen molar-refractivity contribution in [2.45, 2.75) is 31.4 Å². The highest BCUT2D eigenvalue weighted by Crippen LogP contribution is 2.25. The molecule has 2 heteroatoms. The fourth-order valence-corrected chi connectivity index (χ4v) is 4.34. The number of rotatable bonds is 2. The summed E-state index contributed by atoms with van der Waals surface area (Å²) >= 11 is 0. The van der Waals surface area contributed by atoms with Crippen LogP contribution in [0.2, 0.25) is 6.04 Å². The van der Waals surface area contributed by atoms with E-state index in [1.807, 2.05) is 0 Å². The molecule has 1 aromatic carbocycles. The maximum Gasteiger partial charge on any atom is 0.218 e. The fraction of sp³-hybridized carbons (Fsp3) is 0.500. The molecule has 0 saturated carbocycles. The van der Waals surface area contributed by atoms with Crippen molar-refractivity contribution >= 4 is 9.04 Å². The molecule has 1 aliphatic rings. The van der Waals surface area contributed by atoms with Gasteiger partial charge < -0.3 is 4.43 Å². The predicted octanol–water partition coefficient (Wildman–Crippen LogP) is 3.13. The summed E-state index contributed by atoms with van der Waals surface area (Å²) in [6.07, 6.45) is 2.63. The molecule has 2 rings (SSSR count). The molecule has 1 fully saturated rings. The average Bonchev–Trinajstić information content (AvgIpc) is 2.30. The van der Waals surface area contributed by atoms with Crippen LogP contribution in [0.3, 0.4) is 0 Å². The molecular weight excluding hydrogens is 188 g/mol. The van der Waals surface area contributed by atoms with Crippen molar-refractivity contribution in [1.29, 1.82) is 0 Å². The molecule has 0 N–H and O–H groups in total. The zero-order chi connectivity index (χ0) is 9.80. The highest BCUT2D eigenvalue weighted by atomic mass is 28.3. The highest BCUT2D eigenvalue weighted by Gasteiger charge is 2.24. The van der Waals surface area contributed by atoms with Crippen LogP contribution in [0.5, 0.6) is 0 Å². The topological polar surface area (TPSA) is 9.23 Å². The Morgan fingerprint density at radius 3 is 2.64 bits per heavy atom. The van der Waals surface area contributed by atoms with E-state index in [2.05, 4.69) is 37.3 Å². The zero-order valence-electron chi connectivity index (χ0n) is 8.70. The molecule has 1 radical (unpaired) electrons. The van der Waals surface area contributed by atoms with Crippen LogP contribution in [-0.2, 0) is 4.43 Å². The SMILES string of the molecule is CC(c1ccccc1)[Si]1CCCCO1. The molecule has 1 aliphatic heterocycles. The van der Waals surface area contributed by atoms with Crippen LogP contribution in [0.15, 0.2) is 30.3 Å². The number of hydrogen-bond acceptors (Lipinski definition) is 1. The van der Waals surface area contributed by atoms with E-state index in [4.69, 9.17) is 4.43 Å². The first-order valence-corrected chi connectivity index (χ1v) is 7.10. The molecule has 0 aromatic heterocycles. The lowest BCUT2D eigenvalue weighted by molar-refractivity contribution is 0.281. The van der Waals surface area contributed by atoms with Gasteiger partial charge in [0.05, 0.1) is 0 Å². The second kappa shape index (κ2) is 4.76. The lowest BCUT2D eigenvalue weighted by atomic mass is 10.2. The van der Waals surface area contributed by atoms with E-state index in [-0.39, 0.29) is 0 Å². The molecule has 0 aliphatic carbocycles. The predicted molar refractivity (Wildman–Crippen MR) is 60.6 cm³/mol. The highest BCUT2D eigenvalue weighted by molar-refractivity contribution is 6.53. The third-order valence-corrected chi connectivity index (χ3v) is 5.61. The van der Waals surface area contributed by atoms with Gasteiger partial charge in [-0.25, -0.2) is 0 Å². The van der Waals surface area contributed by atoms with Gasteiger partial charge in [-0.1, -0.05) is 43.7 Å². The molecule has 1 heterocycles. The molecule has 14 heavy (non-hydrogen) atoms. The van der Waals surface area contributed by atoms with E-state index in [0.29, 0.717) is 5.54 Å². The molecule has 75 valence electrons. The van der Waals surface area contributed by atoms with Crippen molar-refractivity contribution in [3.05, 3.63) is 35.9 Å². The quantitative estimate of drug-likeness (QED) is 0.674. The third kappa shape index (κ3) is 2.25. The van der Waals surface area contributed by atoms with Crippen molar-refractivity contribution < 1.29 is 4.43 Å². The second-order valence-electron chi connectivity index (χ2n) is 3.90. The summed E-state index contributed by atoms with van der Waals surface area (Å²) in [7, 11) is -0.578. The van der Waals surface area contributed by atoms with Gasteiger partial charge in [0.25, 0.3) is 0 Å². The van der Waals surface area contributed by atoms with Gasteiger partial charge in [0.1, 0.15) is 0 Å². The van der Waals surface area contributed by atoms with Crippen LogP contribution < -0.4 is 0 Å². The largest absolute Gasteiger partial charge is 0.416 e. The fourth-order valence-electron chi connectivity index (χ4n) is 1.95. The minimum atomic E-state index is -0.578. The molecule has 1 atom stereocenters. The third-order valence-electron chi connectivity index (χ3n) is 2.89. The van der Waals surface area contributed by atoms with Crippen LogP contribution in [-0.4, -0.2) is 15.6 Å². The van der Waals surface area contributed by atoms with Gasteiger partial charge in [-0.2, -0.15) is 0 Å². The summed E-state index contributed by atoms with van der Waals surface area (Å²) < 4.78 is 5.90. The molecule has 1 aromatic rings. The molecule has 0 spiro atoms. The Labute approximate surface area is 87.8 Å². The summed E-state index contributed by atoms with van der Waals surface area (Å²) in [4.78, 5) is 0. The van der Waals surface area contributed by atoms with Gasteiger partial charge in [-0.15, -0.1) is 0 Å². The molecule has 0 amide bonds. The smallest absolute Gasteiger partial charge is 0.218 e. The maximum absolute atomic E-state index is 5.90. The van der Waals surface area contributed by atoms with Crippen molar-refractivity contribution in [1.82, 2.24) is 0 Å². The van der Waals surface area contributed by atoms with Gasteiger partial charge in [0.2, 0.25) is 9.04 Å². The normalized spacial score (nSPS) is 20.6. The van der Waals surface area contributed by atoms with Gasteiger partial charge in [-0.3, -0.25) is 0 Å². The van der Waals surface area contributed by atoms with E-state index in [9.17, 15) is 0 Å². The van der Waals surface area contributed by atoms with Crippen LogP contribution in [0.4, 0.5) is 0 Å². The monoisotopic (exact) mass is 205 g/mol. The lowest BCUT2D eigenvalue weighted by Gasteiger charge is -2.25. The van der Waals surface area contributed by atoms with E-state index < -0.39 is 9.04 Å². The van der Waals surface area contributed by atoms with Gasteiger partial charge in [0, 0.05) is 12.1 Å². The summed E-state index contributed by atoms with van der Waals surface area (Å²) in [5, 5.41) is 0. The minimum Gasteiger partial charge on any atom is -0.416 e. The standard InChI is InChI=1S/C12H17OSi/c1-11(12-7-3-2-4-8-12)14-10-6-5-9-13-14/h2-4,7-8,11H,5-6,9-10H2,1H3. The Bertz CT molecular complexity index is 267. The Morgan fingerprint density at radius 2 is 2.00 bits per heavy atom. The first-order valence-electron chi connectivity index (χ1n) is 5.41. The van der Waals surface area contributed by atoms with Crippen LogP contribution in [0.1, 0.15) is 30.9 Å². The van der Waals surface area contributed by atoms with E-state index in [1.165, 1.54) is 24.4 Å². The van der Waals surface area contributed by atoms with Crippen LogP contribution in [0, 0.1) is 0 Å². The molecule has 1 unspecified atom stereocenters. The number of benzene rings is 1. The summed E-state index contributed by atoms with van der Waals surface area (Å²) in [6, 6.07) is 12.1.